The van der Waals surface area contributed by atoms with E-state index in [2.05, 4.69) is 20.6 Å². The van der Waals surface area contributed by atoms with Crippen molar-refractivity contribution in [3.05, 3.63) is 32.7 Å². The fourth-order valence-corrected chi connectivity index (χ4v) is 2.56. The number of nitrogens with two attached hydrogens (primary N) is 1. The number of aromatic nitrogens is 4. The van der Waals surface area contributed by atoms with E-state index in [0.717, 1.165) is 18.2 Å². The summed E-state index contributed by atoms with van der Waals surface area (Å²) < 4.78 is 1.40. The highest BCUT2D eigenvalue weighted by atomic mass is 32.2. The Morgan fingerprint density at radius 1 is 1.57 bits per heavy atom. The van der Waals surface area contributed by atoms with Crippen molar-refractivity contribution >= 4 is 23.3 Å². The fraction of sp³-hybridized carbons (Fsp3) is 0.300. The molecule has 4 N–H and O–H groups in total. The van der Waals surface area contributed by atoms with Crippen LogP contribution in [-0.2, 0) is 6.54 Å². The average molecular weight is 311 g/mol. The summed E-state index contributed by atoms with van der Waals surface area (Å²) in [4.78, 5) is 26.1. The first kappa shape index (κ1) is 15.0. The number of nitrogen functional groups attached to an aromatic ring is 1. The molecule has 0 aromatic carbocycles. The predicted octanol–water partition coefficient (Wildman–Crippen LogP) is 0.721. The van der Waals surface area contributed by atoms with E-state index in [1.807, 2.05) is 6.92 Å². The Balaban J connectivity index is 2.43. The highest BCUT2D eigenvalue weighted by Crippen LogP contribution is 2.32. The van der Waals surface area contributed by atoms with Crippen LogP contribution >= 0.6 is 11.8 Å². The Hall–Kier alpha value is -2.40. The van der Waals surface area contributed by atoms with E-state index in [1.54, 1.807) is 0 Å². The minimum atomic E-state index is -0.551. The third-order valence-electron chi connectivity index (χ3n) is 2.54. The highest BCUT2D eigenvalue weighted by Gasteiger charge is 2.20. The molecular formula is C10H13N7O3S. The van der Waals surface area contributed by atoms with Gasteiger partial charge in [0.05, 0.1) is 4.92 Å². The molecule has 0 unspecified atom stereocenters. The quantitative estimate of drug-likeness (QED) is 0.402. The Bertz CT molecular complexity index is 711. The normalized spacial score (nSPS) is 10.6. The second-order valence-corrected chi connectivity index (χ2v) is 4.94. The van der Waals surface area contributed by atoms with Crippen molar-refractivity contribution in [1.29, 1.82) is 0 Å². The molecule has 2 heterocycles. The molecule has 10 nitrogen and oxygen atoms in total. The number of nitrogens with zero attached hydrogens (tertiary/aromatic N) is 4. The van der Waals surface area contributed by atoms with Crippen molar-refractivity contribution in [2.75, 3.05) is 5.43 Å². The standard InChI is InChI=1S/C10H13N7O3S/c1-2-5-16-9(18)14-15-10(16)21-8-6(17(19)20)3-4-7(12-8)13-11/h3-4H,2,5,11H2,1H3,(H,12,13)(H,14,18). The van der Waals surface area contributed by atoms with E-state index in [4.69, 9.17) is 5.84 Å². The van der Waals surface area contributed by atoms with Crippen molar-refractivity contribution in [3.63, 3.8) is 0 Å². The molecule has 2 rings (SSSR count). The maximum atomic E-state index is 11.6. The number of rotatable bonds is 6. The first-order valence-electron chi connectivity index (χ1n) is 6.02. The molecule has 2 aromatic rings. The Kier molecular flexibility index (Phi) is 4.55. The van der Waals surface area contributed by atoms with Gasteiger partial charge < -0.3 is 5.43 Å². The van der Waals surface area contributed by atoms with Crippen LogP contribution in [0.2, 0.25) is 0 Å². The second kappa shape index (κ2) is 6.37. The monoisotopic (exact) mass is 311 g/mol. The lowest BCUT2D eigenvalue weighted by Gasteiger charge is -2.05. The fourth-order valence-electron chi connectivity index (χ4n) is 1.62. The SMILES string of the molecule is CCCn1c(Sc2nc(NN)ccc2[N+](=O)[O-])n[nH]c1=O. The Morgan fingerprint density at radius 2 is 2.33 bits per heavy atom. The van der Waals surface area contributed by atoms with Crippen LogP contribution < -0.4 is 17.0 Å². The molecule has 0 saturated carbocycles. The van der Waals surface area contributed by atoms with E-state index in [-0.39, 0.29) is 22.2 Å². The van der Waals surface area contributed by atoms with E-state index in [1.165, 1.54) is 16.7 Å². The van der Waals surface area contributed by atoms with Crippen LogP contribution in [0.25, 0.3) is 0 Å². The molecule has 0 amide bonds. The number of nitrogens with one attached hydrogen (secondary N) is 2. The van der Waals surface area contributed by atoms with Crippen molar-refractivity contribution < 1.29 is 4.92 Å². The smallest absolute Gasteiger partial charge is 0.308 e. The topological polar surface area (TPSA) is 145 Å². The van der Waals surface area contributed by atoms with Crippen LogP contribution in [0.4, 0.5) is 11.5 Å². The molecule has 0 spiro atoms. The van der Waals surface area contributed by atoms with Crippen molar-refractivity contribution in [2.24, 2.45) is 5.84 Å². The largest absolute Gasteiger partial charge is 0.343 e. The highest BCUT2D eigenvalue weighted by molar-refractivity contribution is 7.99. The average Bonchev–Trinajstić information content (AvgIpc) is 2.80. The van der Waals surface area contributed by atoms with Crippen LogP contribution in [0.5, 0.6) is 0 Å². The number of anilines is 1. The lowest BCUT2D eigenvalue weighted by atomic mass is 10.4. The number of hydrazine groups is 1. The van der Waals surface area contributed by atoms with Gasteiger partial charge in [-0.15, -0.1) is 5.10 Å². The van der Waals surface area contributed by atoms with Gasteiger partial charge in [-0.1, -0.05) is 6.92 Å². The van der Waals surface area contributed by atoms with Crippen LogP contribution in [0.1, 0.15) is 13.3 Å². The number of H-pyrrole nitrogens is 1. The summed E-state index contributed by atoms with van der Waals surface area (Å²) in [5, 5.41) is 17.6. The van der Waals surface area contributed by atoms with Gasteiger partial charge in [0.25, 0.3) is 0 Å². The Morgan fingerprint density at radius 3 is 2.95 bits per heavy atom. The van der Waals surface area contributed by atoms with Gasteiger partial charge in [-0.25, -0.2) is 20.7 Å². The number of pyridine rings is 1. The maximum Gasteiger partial charge on any atom is 0.343 e. The number of hydrogen-bond acceptors (Lipinski definition) is 8. The molecule has 2 aromatic heterocycles. The van der Waals surface area contributed by atoms with Crippen LogP contribution in [0.3, 0.4) is 0 Å². The summed E-state index contributed by atoms with van der Waals surface area (Å²) in [6.45, 7) is 2.37. The lowest BCUT2D eigenvalue weighted by Crippen LogP contribution is -2.17. The van der Waals surface area contributed by atoms with E-state index in [9.17, 15) is 14.9 Å². The van der Waals surface area contributed by atoms with Gasteiger partial charge in [-0.3, -0.25) is 14.7 Å². The van der Waals surface area contributed by atoms with Gasteiger partial charge in [0.2, 0.25) is 0 Å². The summed E-state index contributed by atoms with van der Waals surface area (Å²) in [7, 11) is 0. The summed E-state index contributed by atoms with van der Waals surface area (Å²) in [5.74, 6) is 5.53. The molecular weight excluding hydrogens is 298 g/mol. The van der Waals surface area contributed by atoms with Gasteiger partial charge in [0, 0.05) is 12.6 Å². The number of hydrogen-bond donors (Lipinski definition) is 3. The molecule has 21 heavy (non-hydrogen) atoms. The number of nitro groups is 1. The molecule has 0 bridgehead atoms. The van der Waals surface area contributed by atoms with Gasteiger partial charge in [0.15, 0.2) is 10.2 Å². The number of aromatic amines is 1. The summed E-state index contributed by atoms with van der Waals surface area (Å²) in [5.41, 5.74) is 1.77. The zero-order valence-electron chi connectivity index (χ0n) is 11.1. The molecule has 0 aliphatic heterocycles. The van der Waals surface area contributed by atoms with Crippen LogP contribution in [-0.4, -0.2) is 24.7 Å². The molecule has 0 atom stereocenters. The van der Waals surface area contributed by atoms with E-state index >= 15 is 0 Å². The zero-order chi connectivity index (χ0) is 15.4. The molecule has 0 fully saturated rings. The van der Waals surface area contributed by atoms with Gasteiger partial charge in [0.1, 0.15) is 5.82 Å². The van der Waals surface area contributed by atoms with Gasteiger partial charge >= 0.3 is 11.4 Å². The first-order valence-corrected chi connectivity index (χ1v) is 6.83. The minimum Gasteiger partial charge on any atom is -0.308 e. The van der Waals surface area contributed by atoms with Crippen molar-refractivity contribution in [3.8, 4) is 0 Å². The van der Waals surface area contributed by atoms with Gasteiger partial charge in [-0.05, 0) is 24.2 Å². The predicted molar refractivity (Wildman–Crippen MR) is 76.0 cm³/mol. The molecule has 0 saturated heterocycles. The van der Waals surface area contributed by atoms with Crippen LogP contribution in [0, 0.1) is 10.1 Å². The molecule has 0 radical (unpaired) electrons. The second-order valence-electron chi connectivity index (χ2n) is 3.99. The van der Waals surface area contributed by atoms with E-state index in [0.29, 0.717) is 11.7 Å². The molecule has 0 aliphatic carbocycles. The molecule has 11 heteroatoms. The summed E-state index contributed by atoms with van der Waals surface area (Å²) in [6, 6.07) is 2.69. The molecule has 112 valence electrons. The van der Waals surface area contributed by atoms with Gasteiger partial charge in [-0.2, -0.15) is 0 Å². The van der Waals surface area contributed by atoms with Crippen LogP contribution in [0.15, 0.2) is 27.1 Å². The Labute approximate surface area is 122 Å². The maximum absolute atomic E-state index is 11.6. The third-order valence-corrected chi connectivity index (χ3v) is 3.53. The minimum absolute atomic E-state index is 0.104. The zero-order valence-corrected chi connectivity index (χ0v) is 11.9. The summed E-state index contributed by atoms with van der Waals surface area (Å²) >= 11 is 0.932. The first-order chi connectivity index (χ1) is 10.1. The lowest BCUT2D eigenvalue weighted by molar-refractivity contribution is -0.388. The summed E-state index contributed by atoms with van der Waals surface area (Å²) in [6.07, 6.45) is 0.729. The third kappa shape index (κ3) is 3.20. The van der Waals surface area contributed by atoms with Crippen molar-refractivity contribution in [1.82, 2.24) is 19.7 Å². The van der Waals surface area contributed by atoms with E-state index < -0.39 is 4.92 Å². The van der Waals surface area contributed by atoms with Crippen molar-refractivity contribution in [2.45, 2.75) is 30.1 Å². The molecule has 0 aliphatic rings.